The van der Waals surface area contributed by atoms with E-state index in [1.807, 2.05) is 6.92 Å². The van der Waals surface area contributed by atoms with E-state index in [4.69, 9.17) is 9.47 Å². The van der Waals surface area contributed by atoms with Crippen LogP contribution >= 0.6 is 0 Å². The van der Waals surface area contributed by atoms with E-state index >= 15 is 0 Å². The third-order valence-electron chi connectivity index (χ3n) is 11.7. The predicted molar refractivity (Wildman–Crippen MR) is 121 cm³/mol. The van der Waals surface area contributed by atoms with Crippen LogP contribution in [0.3, 0.4) is 0 Å². The highest BCUT2D eigenvalue weighted by atomic mass is 16.7. The Kier molecular flexibility index (Phi) is 4.53. The molecule has 2 saturated heterocycles. The normalized spacial score (nSPS) is 63.0. The summed E-state index contributed by atoms with van der Waals surface area (Å²) in [6.07, 6.45) is 6.98. The van der Waals surface area contributed by atoms with Gasteiger partial charge in [-0.1, -0.05) is 27.7 Å². The van der Waals surface area contributed by atoms with Crippen molar-refractivity contribution in [3.05, 3.63) is 0 Å². The summed E-state index contributed by atoms with van der Waals surface area (Å²) >= 11 is 0. The summed E-state index contributed by atoms with van der Waals surface area (Å²) < 4.78 is 13.0. The minimum atomic E-state index is -1.06. The van der Waals surface area contributed by atoms with Gasteiger partial charge in [0.2, 0.25) is 0 Å². The molecule has 2 aliphatic heterocycles. The predicted octanol–water partition coefficient (Wildman–Crippen LogP) is 3.88. The first-order chi connectivity index (χ1) is 14.8. The van der Waals surface area contributed by atoms with Crippen molar-refractivity contribution in [3.63, 3.8) is 0 Å². The molecule has 0 aromatic carbocycles. The smallest absolute Gasteiger partial charge is 0.198 e. The summed E-state index contributed by atoms with van der Waals surface area (Å²) in [4.78, 5) is 0. The number of hydrogen-bond donors (Lipinski definition) is 3. The zero-order valence-electron chi connectivity index (χ0n) is 20.6. The Morgan fingerprint density at radius 3 is 2.34 bits per heavy atom. The van der Waals surface area contributed by atoms with Crippen molar-refractivity contribution < 1.29 is 24.8 Å². The molecule has 6 fully saturated rings. The maximum Gasteiger partial charge on any atom is 0.198 e. The number of rotatable bonds is 0. The van der Waals surface area contributed by atoms with E-state index in [2.05, 4.69) is 27.7 Å². The van der Waals surface area contributed by atoms with Crippen LogP contribution in [0.4, 0.5) is 0 Å². The van der Waals surface area contributed by atoms with E-state index in [-0.39, 0.29) is 40.5 Å². The number of ether oxygens (including phenoxy) is 2. The number of aliphatic hydroxyl groups excluding tert-OH is 2. The Morgan fingerprint density at radius 2 is 1.66 bits per heavy atom. The van der Waals surface area contributed by atoms with E-state index in [1.54, 1.807) is 0 Å². The number of fused-ring (bicyclic) bond motifs is 7. The molecule has 0 aromatic rings. The van der Waals surface area contributed by atoms with Gasteiger partial charge in [0, 0.05) is 12.3 Å². The van der Waals surface area contributed by atoms with E-state index in [0.717, 1.165) is 51.4 Å². The van der Waals surface area contributed by atoms with Crippen LogP contribution in [0.25, 0.3) is 0 Å². The third-order valence-corrected chi connectivity index (χ3v) is 11.7. The van der Waals surface area contributed by atoms with Gasteiger partial charge in [-0.25, -0.2) is 0 Å². The summed E-state index contributed by atoms with van der Waals surface area (Å²) in [7, 11) is 0. The molecule has 4 aliphatic carbocycles. The summed E-state index contributed by atoms with van der Waals surface area (Å²) in [5.41, 5.74) is -1.09. The Morgan fingerprint density at radius 1 is 0.906 bits per heavy atom. The molecule has 3 N–H and O–H groups in total. The van der Waals surface area contributed by atoms with Crippen molar-refractivity contribution in [1.29, 1.82) is 0 Å². The Bertz CT molecular complexity index is 795. The topological polar surface area (TPSA) is 79.2 Å². The monoisotopic (exact) mass is 448 g/mol. The van der Waals surface area contributed by atoms with E-state index in [9.17, 15) is 15.3 Å². The molecule has 2 heterocycles. The van der Waals surface area contributed by atoms with Crippen molar-refractivity contribution in [2.45, 2.75) is 116 Å². The van der Waals surface area contributed by atoms with Crippen LogP contribution in [-0.2, 0) is 9.47 Å². The summed E-state index contributed by atoms with van der Waals surface area (Å²) in [5, 5.41) is 34.0. The van der Waals surface area contributed by atoms with Gasteiger partial charge in [0.05, 0.1) is 24.9 Å². The standard InChI is InChI=1S/C27H44O5/c1-23(2)13-27(31-14-23)26(5,30)22-20(32-27)11-18-17-7-6-15-10-16(28)8-9-24(15,3)21(17)19(29)12-25(18,22)4/h15-22,28-30H,6-14H2,1-5H3/t15-,16+,17-,18-,19-,20-,21+,22-,24-,25-,26+,27-/m0/s1. The molecule has 0 amide bonds. The fourth-order valence-electron chi connectivity index (χ4n) is 10.5. The molecule has 0 radical (unpaired) electrons. The van der Waals surface area contributed by atoms with Crippen LogP contribution in [0.15, 0.2) is 0 Å². The zero-order valence-corrected chi connectivity index (χ0v) is 20.6. The van der Waals surface area contributed by atoms with Crippen molar-refractivity contribution in [1.82, 2.24) is 0 Å². The average Bonchev–Trinajstić information content (AvgIpc) is 3.23. The first-order valence-corrected chi connectivity index (χ1v) is 13.2. The molecule has 12 atom stereocenters. The van der Waals surface area contributed by atoms with Gasteiger partial charge in [0.1, 0.15) is 5.60 Å². The van der Waals surface area contributed by atoms with Gasteiger partial charge in [-0.3, -0.25) is 0 Å². The van der Waals surface area contributed by atoms with Crippen LogP contribution in [0.5, 0.6) is 0 Å². The minimum absolute atomic E-state index is 0.00134. The van der Waals surface area contributed by atoms with Gasteiger partial charge in [-0.15, -0.1) is 0 Å². The maximum absolute atomic E-state index is 12.0. The molecule has 4 saturated carbocycles. The SMILES string of the molecule is CC1(C)CO[C@@]2(C1)O[C@H]1C[C@H]3[C@@H]4CC[C@H]5C[C@H](O)CC[C@]5(C)[C@H]4[C@@H](O)C[C@]3(C)[C@H]1[C@@]2(C)O. The molecular weight excluding hydrogens is 404 g/mol. The molecule has 6 rings (SSSR count). The Hall–Kier alpha value is -0.200. The summed E-state index contributed by atoms with van der Waals surface area (Å²) in [5.74, 6) is 0.833. The van der Waals surface area contributed by atoms with Crippen molar-refractivity contribution in [2.24, 2.45) is 45.8 Å². The average molecular weight is 449 g/mol. The quantitative estimate of drug-likeness (QED) is 0.524. The van der Waals surface area contributed by atoms with Gasteiger partial charge in [0.15, 0.2) is 5.79 Å². The van der Waals surface area contributed by atoms with Crippen molar-refractivity contribution >= 4 is 0 Å². The van der Waals surface area contributed by atoms with E-state index < -0.39 is 11.4 Å². The molecule has 5 nitrogen and oxygen atoms in total. The highest BCUT2D eigenvalue weighted by Gasteiger charge is 2.76. The zero-order chi connectivity index (χ0) is 22.9. The van der Waals surface area contributed by atoms with Crippen LogP contribution < -0.4 is 0 Å². The highest BCUT2D eigenvalue weighted by Crippen LogP contribution is 2.72. The molecule has 182 valence electrons. The molecule has 5 heteroatoms. The second-order valence-corrected chi connectivity index (χ2v) is 14.2. The lowest BCUT2D eigenvalue weighted by Gasteiger charge is -2.63. The van der Waals surface area contributed by atoms with Gasteiger partial charge in [-0.05, 0) is 91.8 Å². The maximum atomic E-state index is 12.0. The van der Waals surface area contributed by atoms with E-state index in [0.29, 0.717) is 30.3 Å². The Labute approximate surface area is 193 Å². The minimum Gasteiger partial charge on any atom is -0.393 e. The Balaban J connectivity index is 1.34. The van der Waals surface area contributed by atoms with Gasteiger partial charge in [0.25, 0.3) is 0 Å². The van der Waals surface area contributed by atoms with Gasteiger partial charge in [-0.2, -0.15) is 0 Å². The summed E-state index contributed by atoms with van der Waals surface area (Å²) in [6, 6.07) is 0. The highest BCUT2D eigenvalue weighted by molar-refractivity contribution is 5.22. The van der Waals surface area contributed by atoms with Gasteiger partial charge >= 0.3 is 0 Å². The third kappa shape index (κ3) is 2.64. The van der Waals surface area contributed by atoms with Gasteiger partial charge < -0.3 is 24.8 Å². The second kappa shape index (κ2) is 6.51. The van der Waals surface area contributed by atoms with Crippen LogP contribution in [-0.4, -0.2) is 51.6 Å². The molecule has 0 aromatic heterocycles. The number of aliphatic hydroxyl groups is 3. The lowest BCUT2D eigenvalue weighted by atomic mass is 9.43. The first-order valence-electron chi connectivity index (χ1n) is 13.2. The second-order valence-electron chi connectivity index (χ2n) is 14.2. The lowest BCUT2D eigenvalue weighted by molar-refractivity contribution is -0.276. The van der Waals surface area contributed by atoms with Crippen molar-refractivity contribution in [2.75, 3.05) is 6.61 Å². The molecule has 0 unspecified atom stereocenters. The molecule has 32 heavy (non-hydrogen) atoms. The molecule has 0 bridgehead atoms. The molecule has 1 spiro atoms. The van der Waals surface area contributed by atoms with Crippen LogP contribution in [0, 0.1) is 45.8 Å². The largest absolute Gasteiger partial charge is 0.393 e. The molecular formula is C27H44O5. The van der Waals surface area contributed by atoms with Crippen molar-refractivity contribution in [3.8, 4) is 0 Å². The summed E-state index contributed by atoms with van der Waals surface area (Å²) in [6.45, 7) is 11.7. The lowest BCUT2D eigenvalue weighted by Crippen LogP contribution is -2.62. The fraction of sp³-hybridized carbons (Fsp3) is 1.00. The number of hydrogen-bond acceptors (Lipinski definition) is 5. The van der Waals surface area contributed by atoms with Crippen LogP contribution in [0.2, 0.25) is 0 Å². The van der Waals surface area contributed by atoms with Crippen LogP contribution in [0.1, 0.15) is 86.0 Å². The van der Waals surface area contributed by atoms with E-state index in [1.165, 1.54) is 0 Å². The fourth-order valence-corrected chi connectivity index (χ4v) is 10.5. The molecule has 6 aliphatic rings. The first kappa shape index (κ1) is 22.3.